The van der Waals surface area contributed by atoms with E-state index in [1.165, 1.54) is 6.07 Å². The lowest BCUT2D eigenvalue weighted by molar-refractivity contribution is 0.0517. The first-order chi connectivity index (χ1) is 36.0. The van der Waals surface area contributed by atoms with Gasteiger partial charge in [-0.05, 0) is 113 Å². The van der Waals surface area contributed by atoms with Gasteiger partial charge < -0.3 is 50.8 Å². The molecule has 0 aromatic heterocycles. The van der Waals surface area contributed by atoms with Crippen LogP contribution in [-0.4, -0.2) is 122 Å². The summed E-state index contributed by atoms with van der Waals surface area (Å²) in [5.41, 5.74) is 6.35. The van der Waals surface area contributed by atoms with E-state index in [0.717, 1.165) is 33.4 Å². The van der Waals surface area contributed by atoms with Crippen LogP contribution in [0.3, 0.4) is 0 Å². The fraction of sp³-hybridized carbons (Fsp3) is 0.373. The normalized spacial score (nSPS) is 14.0. The summed E-state index contributed by atoms with van der Waals surface area (Å²) in [4.78, 5) is 25.0. The van der Waals surface area contributed by atoms with Gasteiger partial charge in [-0.1, -0.05) is 77.6 Å². The maximum atomic E-state index is 13.1. The summed E-state index contributed by atoms with van der Waals surface area (Å²) in [6.07, 6.45) is 0. The Morgan fingerprint density at radius 1 is 0.627 bits per heavy atom. The van der Waals surface area contributed by atoms with Crippen LogP contribution in [0.15, 0.2) is 107 Å². The van der Waals surface area contributed by atoms with E-state index in [0.29, 0.717) is 51.1 Å². The largest absolute Gasteiger partial charge is 0.378 e. The summed E-state index contributed by atoms with van der Waals surface area (Å²) >= 11 is 25.5. The number of amides is 4. The quantitative estimate of drug-likeness (QED) is 0.0216. The molecule has 0 fully saturated rings. The van der Waals surface area contributed by atoms with Gasteiger partial charge in [0.2, 0.25) is 20.0 Å². The Labute approximate surface area is 458 Å². The van der Waals surface area contributed by atoms with Crippen molar-refractivity contribution in [2.45, 2.75) is 41.6 Å². The summed E-state index contributed by atoms with van der Waals surface area (Å²) in [5, 5.41) is 19.4. The number of nitrogens with one attached hydrogen (secondary N) is 8. The number of anilines is 2. The average Bonchev–Trinajstić information content (AvgIpc) is 3.38. The number of sulfonamides is 2. The van der Waals surface area contributed by atoms with E-state index in [1.54, 1.807) is 66.7 Å². The highest BCUT2D eigenvalue weighted by Crippen LogP contribution is 2.37. The predicted octanol–water partition coefficient (Wildman–Crippen LogP) is 7.67. The Kier molecular flexibility index (Phi) is 23.7. The molecule has 8 N–H and O–H groups in total. The Hall–Kier alpha value is -4.62. The summed E-state index contributed by atoms with van der Waals surface area (Å²) in [6, 6.07) is 26.3. The Bertz CT molecular complexity index is 2930. The predicted molar refractivity (Wildman–Crippen MR) is 294 cm³/mol. The van der Waals surface area contributed by atoms with Crippen molar-refractivity contribution in [1.29, 1.82) is 0 Å². The molecule has 24 heteroatoms. The molecule has 0 radical (unpaired) electrons. The molecule has 75 heavy (non-hydrogen) atoms. The third-order valence-electron chi connectivity index (χ3n) is 11.8. The van der Waals surface area contributed by atoms with Crippen LogP contribution < -0.4 is 41.3 Å². The fourth-order valence-corrected chi connectivity index (χ4v) is 11.3. The van der Waals surface area contributed by atoms with Crippen molar-refractivity contribution < 1.29 is 45.4 Å². The van der Waals surface area contributed by atoms with Crippen LogP contribution in [0.2, 0.25) is 20.1 Å². The van der Waals surface area contributed by atoms with Gasteiger partial charge in [0, 0.05) is 89.1 Å². The molecular formula is C51H62Cl4N8O10S2. The minimum atomic E-state index is -3.81. The van der Waals surface area contributed by atoms with Crippen LogP contribution in [0.1, 0.15) is 52.1 Å². The number of urea groups is 2. The zero-order valence-electron chi connectivity index (χ0n) is 41.4. The standard InChI is InChI=1S/C51H62Cl4N8O10S2/c1-34(43-27-37(52)29-48(54)46(43)31-56-2)35-5-3-7-41(25-35)74(66,67)60-15-19-72-23-21-70-17-13-58-50(64)62-39-9-11-40(12-10-39)63-51(65)59-14-18-71-22-24-73-20-16-61-75(68,69)42-8-4-6-36(26-42)45-32-57-33-47-44(45)28-38(53)30-49(47)55/h3-12,25-30,34,45,56-57,60-61H,13-24,31-33H2,1-2H3,(H2,58,62,64)(H2,59,63,65). The van der Waals surface area contributed by atoms with Crippen LogP contribution >= 0.6 is 46.4 Å². The van der Waals surface area contributed by atoms with Gasteiger partial charge in [0.1, 0.15) is 0 Å². The maximum absolute atomic E-state index is 13.1. The van der Waals surface area contributed by atoms with E-state index in [1.807, 2.05) is 38.2 Å². The van der Waals surface area contributed by atoms with Crippen LogP contribution in [0.4, 0.5) is 21.0 Å². The third kappa shape index (κ3) is 18.5. The first kappa shape index (κ1) is 59.6. The molecule has 406 valence electrons. The van der Waals surface area contributed by atoms with E-state index in [4.69, 9.17) is 65.4 Å². The lowest BCUT2D eigenvalue weighted by Crippen LogP contribution is -2.32. The number of halogens is 4. The van der Waals surface area contributed by atoms with Crippen molar-refractivity contribution in [3.63, 3.8) is 0 Å². The van der Waals surface area contributed by atoms with Gasteiger partial charge >= 0.3 is 12.1 Å². The minimum absolute atomic E-state index is 0.0573. The number of ether oxygens (including phenoxy) is 4. The lowest BCUT2D eigenvalue weighted by atomic mass is 9.85. The molecule has 4 amide bonds. The second kappa shape index (κ2) is 29.8. The number of rotatable bonds is 29. The molecule has 18 nitrogen and oxygen atoms in total. The summed E-state index contributed by atoms with van der Waals surface area (Å²) in [5.74, 6) is -0.293. The molecular weight excluding hydrogens is 1090 g/mol. The monoisotopic (exact) mass is 1150 g/mol. The Morgan fingerprint density at radius 3 is 1.69 bits per heavy atom. The fourth-order valence-electron chi connectivity index (χ4n) is 8.04. The van der Waals surface area contributed by atoms with Crippen molar-refractivity contribution in [2.24, 2.45) is 0 Å². The van der Waals surface area contributed by atoms with Crippen molar-refractivity contribution in [3.8, 4) is 0 Å². The van der Waals surface area contributed by atoms with Gasteiger partial charge in [0.15, 0.2) is 0 Å². The summed E-state index contributed by atoms with van der Waals surface area (Å²) in [6.45, 7) is 5.94. The molecule has 0 saturated heterocycles. The van der Waals surface area contributed by atoms with Crippen molar-refractivity contribution in [3.05, 3.63) is 151 Å². The number of carbonyl (C=O) groups excluding carboxylic acids is 2. The number of carbonyl (C=O) groups is 2. The van der Waals surface area contributed by atoms with Crippen molar-refractivity contribution >= 4 is 89.9 Å². The number of hydrogen-bond acceptors (Lipinski definition) is 12. The number of hydrogen-bond donors (Lipinski definition) is 8. The van der Waals surface area contributed by atoms with Crippen LogP contribution in [0.25, 0.3) is 0 Å². The molecule has 5 aromatic rings. The zero-order chi connectivity index (χ0) is 53.8. The molecule has 0 spiro atoms. The molecule has 1 aliphatic heterocycles. The average molecular weight is 1150 g/mol. The zero-order valence-corrected chi connectivity index (χ0v) is 46.1. The summed E-state index contributed by atoms with van der Waals surface area (Å²) < 4.78 is 79.6. The highest BCUT2D eigenvalue weighted by molar-refractivity contribution is 7.89. The van der Waals surface area contributed by atoms with Gasteiger partial charge in [0.05, 0.1) is 62.6 Å². The molecule has 0 bridgehead atoms. The van der Waals surface area contributed by atoms with Crippen LogP contribution in [-0.2, 0) is 52.1 Å². The van der Waals surface area contributed by atoms with E-state index in [-0.39, 0.29) is 101 Å². The molecule has 0 saturated carbocycles. The number of benzene rings is 5. The van der Waals surface area contributed by atoms with Gasteiger partial charge in [-0.25, -0.2) is 35.9 Å². The van der Waals surface area contributed by atoms with E-state index < -0.39 is 32.1 Å². The minimum Gasteiger partial charge on any atom is -0.378 e. The SMILES string of the molecule is CNCc1c(Cl)cc(Cl)cc1C(C)c1cccc(S(=O)(=O)NCCOCCOCCNC(=O)Nc2ccc(NC(=O)NCCOCCOCCNS(=O)(=O)c3cccc(C4CNCc5c(Cl)cc(Cl)cc54)c3)cc2)c1. The van der Waals surface area contributed by atoms with Gasteiger partial charge in [-0.2, -0.15) is 0 Å². The topological polar surface area (TPSA) is 236 Å². The van der Waals surface area contributed by atoms with E-state index in [2.05, 4.69) is 41.3 Å². The van der Waals surface area contributed by atoms with Gasteiger partial charge in [-0.15, -0.1) is 0 Å². The first-order valence-corrected chi connectivity index (χ1v) is 28.5. The molecule has 6 rings (SSSR count). The maximum Gasteiger partial charge on any atom is 0.319 e. The van der Waals surface area contributed by atoms with Gasteiger partial charge in [-0.3, -0.25) is 0 Å². The molecule has 1 aliphatic rings. The Morgan fingerprint density at radius 2 is 1.13 bits per heavy atom. The highest BCUT2D eigenvalue weighted by Gasteiger charge is 2.26. The van der Waals surface area contributed by atoms with E-state index >= 15 is 0 Å². The number of fused-ring (bicyclic) bond motifs is 1. The Balaban J connectivity index is 0.755. The molecule has 1 heterocycles. The third-order valence-corrected chi connectivity index (χ3v) is 15.8. The molecule has 2 unspecified atom stereocenters. The second-order valence-corrected chi connectivity index (χ2v) is 22.3. The van der Waals surface area contributed by atoms with Crippen LogP contribution in [0, 0.1) is 0 Å². The van der Waals surface area contributed by atoms with Crippen molar-refractivity contribution in [1.82, 2.24) is 30.7 Å². The summed E-state index contributed by atoms with van der Waals surface area (Å²) in [7, 11) is -5.79. The highest BCUT2D eigenvalue weighted by atomic mass is 35.5. The molecule has 5 aromatic carbocycles. The van der Waals surface area contributed by atoms with E-state index in [9.17, 15) is 26.4 Å². The lowest BCUT2D eigenvalue weighted by Gasteiger charge is -2.28. The van der Waals surface area contributed by atoms with Crippen LogP contribution in [0.5, 0.6) is 0 Å². The molecule has 2 atom stereocenters. The second-order valence-electron chi connectivity index (χ2n) is 17.1. The first-order valence-electron chi connectivity index (χ1n) is 24.1. The molecule has 0 aliphatic carbocycles. The van der Waals surface area contributed by atoms with Gasteiger partial charge in [0.25, 0.3) is 0 Å². The van der Waals surface area contributed by atoms with Crippen molar-refractivity contribution in [2.75, 3.05) is 103 Å². The smallest absolute Gasteiger partial charge is 0.319 e.